The molecule has 2 heterocycles. The van der Waals surface area contributed by atoms with Crippen molar-refractivity contribution in [3.8, 4) is 11.5 Å². The van der Waals surface area contributed by atoms with Crippen LogP contribution in [-0.4, -0.2) is 31.5 Å². The Bertz CT molecular complexity index is 1030. The molecule has 5 nitrogen and oxygen atoms in total. The minimum absolute atomic E-state index is 0.0195. The van der Waals surface area contributed by atoms with Gasteiger partial charge in [-0.3, -0.25) is 0 Å². The number of amidine groups is 1. The fraction of sp³-hybridized carbons (Fsp3) is 0.105. The topological polar surface area (TPSA) is 59.0 Å². The number of halogens is 1. The molecule has 0 radical (unpaired) electrons. The van der Waals surface area contributed by atoms with Crippen LogP contribution in [0.15, 0.2) is 76.3 Å². The molecule has 0 aliphatic carbocycles. The van der Waals surface area contributed by atoms with Crippen molar-refractivity contribution in [1.82, 2.24) is 4.90 Å². The van der Waals surface area contributed by atoms with Gasteiger partial charge in [0.05, 0.1) is 10.8 Å². The average Bonchev–Trinajstić information content (AvgIpc) is 2.63. The zero-order valence-electron chi connectivity index (χ0n) is 13.7. The third-order valence-electron chi connectivity index (χ3n) is 4.03. The lowest BCUT2D eigenvalue weighted by molar-refractivity contribution is 0.482. The maximum atomic E-state index is 11.9. The molecule has 0 saturated carbocycles. The van der Waals surface area contributed by atoms with Crippen LogP contribution in [0.5, 0.6) is 11.5 Å². The quantitative estimate of drug-likeness (QED) is 0.800. The molecule has 0 saturated heterocycles. The van der Waals surface area contributed by atoms with Crippen LogP contribution in [0.4, 0.5) is 0 Å². The van der Waals surface area contributed by atoms with E-state index in [0.29, 0.717) is 28.7 Å². The molecule has 2 aliphatic heterocycles. The molecular weight excluding hydrogens is 372 g/mol. The molecule has 26 heavy (non-hydrogen) atoms. The number of nitrogens with zero attached hydrogens (tertiary/aromatic N) is 2. The molecule has 2 aliphatic rings. The van der Waals surface area contributed by atoms with E-state index in [9.17, 15) is 8.42 Å². The van der Waals surface area contributed by atoms with E-state index in [1.807, 2.05) is 54.6 Å². The summed E-state index contributed by atoms with van der Waals surface area (Å²) in [6, 6.07) is 16.9. The first-order valence-electron chi connectivity index (χ1n) is 8.02. The van der Waals surface area contributed by atoms with Crippen LogP contribution in [0.25, 0.3) is 5.57 Å². The fourth-order valence-electron chi connectivity index (χ4n) is 2.81. The van der Waals surface area contributed by atoms with Gasteiger partial charge in [-0.1, -0.05) is 41.9 Å². The Hall–Kier alpha value is -2.57. The highest BCUT2D eigenvalue weighted by Crippen LogP contribution is 2.31. The van der Waals surface area contributed by atoms with E-state index >= 15 is 0 Å². The number of hydrogen-bond acceptors (Lipinski definition) is 4. The summed E-state index contributed by atoms with van der Waals surface area (Å²) >= 11 is 6.20. The van der Waals surface area contributed by atoms with Gasteiger partial charge in [0.25, 0.3) is 10.0 Å². The number of para-hydroxylation sites is 1. The van der Waals surface area contributed by atoms with Crippen LogP contribution < -0.4 is 4.74 Å². The van der Waals surface area contributed by atoms with Gasteiger partial charge in [0, 0.05) is 18.3 Å². The van der Waals surface area contributed by atoms with E-state index < -0.39 is 10.0 Å². The molecule has 132 valence electrons. The van der Waals surface area contributed by atoms with Gasteiger partial charge in [0.15, 0.2) is 5.84 Å². The molecule has 7 heteroatoms. The van der Waals surface area contributed by atoms with E-state index in [1.54, 1.807) is 17.2 Å². The van der Waals surface area contributed by atoms with E-state index in [4.69, 9.17) is 16.3 Å². The molecular formula is C19H15ClN2O3S. The van der Waals surface area contributed by atoms with Crippen molar-refractivity contribution in [2.24, 2.45) is 4.40 Å². The van der Waals surface area contributed by atoms with Crippen molar-refractivity contribution in [2.75, 3.05) is 12.3 Å². The third-order valence-corrected chi connectivity index (χ3v) is 5.39. The number of sulfonamides is 1. The summed E-state index contributed by atoms with van der Waals surface area (Å²) in [6.07, 6.45) is 3.43. The molecule has 0 spiro atoms. The van der Waals surface area contributed by atoms with Gasteiger partial charge >= 0.3 is 0 Å². The van der Waals surface area contributed by atoms with Gasteiger partial charge in [-0.25, -0.2) is 8.42 Å². The van der Waals surface area contributed by atoms with E-state index in [1.165, 1.54) is 0 Å². The maximum absolute atomic E-state index is 11.9. The normalized spacial score (nSPS) is 18.3. The van der Waals surface area contributed by atoms with Crippen LogP contribution in [0, 0.1) is 0 Å². The molecule has 0 amide bonds. The summed E-state index contributed by atoms with van der Waals surface area (Å²) in [5.41, 5.74) is 1.49. The van der Waals surface area contributed by atoms with Crippen molar-refractivity contribution in [2.45, 2.75) is 0 Å². The molecule has 0 fully saturated rings. The first-order valence-corrected chi connectivity index (χ1v) is 10.0. The van der Waals surface area contributed by atoms with Gasteiger partial charge in [-0.2, -0.15) is 0 Å². The molecule has 0 atom stereocenters. The van der Waals surface area contributed by atoms with Crippen molar-refractivity contribution < 1.29 is 13.2 Å². The first kappa shape index (κ1) is 16.9. The minimum atomic E-state index is -3.45. The summed E-state index contributed by atoms with van der Waals surface area (Å²) in [5, 5.41) is 0.530. The molecule has 2 aromatic carbocycles. The van der Waals surface area contributed by atoms with Crippen LogP contribution in [0.1, 0.15) is 5.56 Å². The molecule has 0 N–H and O–H groups in total. The summed E-state index contributed by atoms with van der Waals surface area (Å²) in [7, 11) is -3.45. The van der Waals surface area contributed by atoms with Crippen molar-refractivity contribution in [1.29, 1.82) is 0 Å². The smallest absolute Gasteiger partial charge is 0.256 e. The second-order valence-electron chi connectivity index (χ2n) is 5.91. The summed E-state index contributed by atoms with van der Waals surface area (Å²) in [6.45, 7) is 0.337. The van der Waals surface area contributed by atoms with Gasteiger partial charge in [-0.15, -0.1) is 4.40 Å². The summed E-state index contributed by atoms with van der Waals surface area (Å²) in [5.74, 6) is 1.82. The highest BCUT2D eigenvalue weighted by molar-refractivity contribution is 7.90. The second kappa shape index (κ2) is 6.63. The molecule has 0 aromatic heterocycles. The Morgan fingerprint density at radius 3 is 2.42 bits per heavy atom. The Labute approximate surface area is 156 Å². The number of benzene rings is 2. The SMILES string of the molecule is O=S1(=O)CCN2C=C(Cl)C=C(c3ccc(Oc4ccccc4)cc3)C2=N1. The first-order chi connectivity index (χ1) is 12.5. The molecule has 0 bridgehead atoms. The van der Waals surface area contributed by atoms with Crippen molar-refractivity contribution >= 4 is 33.0 Å². The zero-order valence-corrected chi connectivity index (χ0v) is 15.2. The highest BCUT2D eigenvalue weighted by Gasteiger charge is 2.28. The highest BCUT2D eigenvalue weighted by atomic mass is 35.5. The van der Waals surface area contributed by atoms with Crippen LogP contribution in [-0.2, 0) is 10.0 Å². The predicted molar refractivity (Wildman–Crippen MR) is 103 cm³/mol. The number of allylic oxidation sites excluding steroid dienone is 2. The maximum Gasteiger partial charge on any atom is 0.256 e. The fourth-order valence-corrected chi connectivity index (χ4v) is 4.02. The zero-order chi connectivity index (χ0) is 18.1. The van der Waals surface area contributed by atoms with E-state index in [2.05, 4.69) is 4.40 Å². The lowest BCUT2D eigenvalue weighted by atomic mass is 10.0. The van der Waals surface area contributed by atoms with Crippen LogP contribution >= 0.6 is 11.6 Å². The Kier molecular flexibility index (Phi) is 4.30. The van der Waals surface area contributed by atoms with Gasteiger partial charge < -0.3 is 9.64 Å². The van der Waals surface area contributed by atoms with E-state index in [-0.39, 0.29) is 5.75 Å². The van der Waals surface area contributed by atoms with Crippen molar-refractivity contribution in [3.63, 3.8) is 0 Å². The lowest BCUT2D eigenvalue weighted by Crippen LogP contribution is -2.38. The monoisotopic (exact) mass is 386 g/mol. The summed E-state index contributed by atoms with van der Waals surface area (Å²) in [4.78, 5) is 1.77. The number of ether oxygens (including phenoxy) is 1. The number of fused-ring (bicyclic) bond motifs is 1. The third kappa shape index (κ3) is 3.52. The number of hydrogen-bond donors (Lipinski definition) is 0. The molecule has 4 rings (SSSR count). The lowest BCUT2D eigenvalue weighted by Gasteiger charge is -2.30. The van der Waals surface area contributed by atoms with Gasteiger partial charge in [-0.05, 0) is 35.9 Å². The molecule has 0 unspecified atom stereocenters. The van der Waals surface area contributed by atoms with Gasteiger partial charge in [0.1, 0.15) is 11.5 Å². The van der Waals surface area contributed by atoms with Crippen molar-refractivity contribution in [3.05, 3.63) is 77.5 Å². The Balaban J connectivity index is 1.66. The standard InChI is InChI=1S/C19H15ClN2O3S/c20-15-12-18(19-21-26(23,24)11-10-22(19)13-15)14-6-8-17(9-7-14)25-16-4-2-1-3-5-16/h1-9,12-13H,10-11H2. The Morgan fingerprint density at radius 1 is 1.00 bits per heavy atom. The predicted octanol–water partition coefficient (Wildman–Crippen LogP) is 4.00. The van der Waals surface area contributed by atoms with E-state index in [0.717, 1.165) is 11.3 Å². The average molecular weight is 387 g/mol. The number of rotatable bonds is 3. The van der Waals surface area contributed by atoms with Crippen LogP contribution in [0.3, 0.4) is 0 Å². The minimum Gasteiger partial charge on any atom is -0.457 e. The van der Waals surface area contributed by atoms with Crippen LogP contribution in [0.2, 0.25) is 0 Å². The largest absolute Gasteiger partial charge is 0.457 e. The summed E-state index contributed by atoms with van der Waals surface area (Å²) < 4.78 is 33.5. The van der Waals surface area contributed by atoms with Gasteiger partial charge in [0.2, 0.25) is 0 Å². The second-order valence-corrected chi connectivity index (χ2v) is 8.10. The Morgan fingerprint density at radius 2 is 1.69 bits per heavy atom. The molecule has 2 aromatic rings.